The lowest BCUT2D eigenvalue weighted by atomic mass is 9.95. The Hall–Kier alpha value is -2.37. The van der Waals surface area contributed by atoms with Crippen molar-refractivity contribution in [1.29, 1.82) is 0 Å². The van der Waals surface area contributed by atoms with Crippen molar-refractivity contribution in [3.05, 3.63) is 39.4 Å². The van der Waals surface area contributed by atoms with Crippen LogP contribution in [0.25, 0.3) is 11.3 Å². The van der Waals surface area contributed by atoms with E-state index in [4.69, 9.17) is 5.73 Å². The van der Waals surface area contributed by atoms with E-state index in [-0.39, 0.29) is 10.6 Å². The molecule has 0 atom stereocenters. The van der Waals surface area contributed by atoms with Crippen LogP contribution in [0.1, 0.15) is 25.0 Å². The molecule has 0 unspecified atom stereocenters. The van der Waals surface area contributed by atoms with Gasteiger partial charge >= 0.3 is 0 Å². The molecule has 106 valence electrons. The van der Waals surface area contributed by atoms with Crippen LogP contribution in [0.2, 0.25) is 0 Å². The van der Waals surface area contributed by atoms with Crippen LogP contribution in [-0.2, 0) is 6.42 Å². The summed E-state index contributed by atoms with van der Waals surface area (Å²) in [6.07, 6.45) is 0.725. The number of hydrogen-bond donors (Lipinski definition) is 2. The Bertz CT molecular complexity index is 647. The van der Waals surface area contributed by atoms with Crippen LogP contribution in [0.3, 0.4) is 0 Å². The van der Waals surface area contributed by atoms with Gasteiger partial charge in [0, 0.05) is 11.6 Å². The molecular formula is C14H18N4O2. The van der Waals surface area contributed by atoms with Crippen LogP contribution in [0.5, 0.6) is 0 Å². The molecule has 0 aliphatic heterocycles. The monoisotopic (exact) mass is 274 g/mol. The molecule has 0 radical (unpaired) electrons. The molecule has 3 N–H and O–H groups in total. The van der Waals surface area contributed by atoms with Gasteiger partial charge in [0.15, 0.2) is 0 Å². The lowest BCUT2D eigenvalue weighted by molar-refractivity contribution is -0.384. The lowest BCUT2D eigenvalue weighted by Gasteiger charge is -2.09. The zero-order valence-electron chi connectivity index (χ0n) is 11.8. The maximum absolute atomic E-state index is 11.2. The number of H-pyrrole nitrogens is 1. The second-order valence-corrected chi connectivity index (χ2v) is 5.29. The minimum absolute atomic E-state index is 0.0682. The lowest BCUT2D eigenvalue weighted by Crippen LogP contribution is -2.01. The largest absolute Gasteiger partial charge is 0.382 e. The van der Waals surface area contributed by atoms with E-state index in [1.165, 1.54) is 6.07 Å². The van der Waals surface area contributed by atoms with Crippen LogP contribution >= 0.6 is 0 Å². The van der Waals surface area contributed by atoms with E-state index in [0.29, 0.717) is 23.0 Å². The van der Waals surface area contributed by atoms with Gasteiger partial charge in [0.2, 0.25) is 0 Å². The number of nitrogens with zero attached hydrogens (tertiary/aromatic N) is 2. The first-order chi connectivity index (χ1) is 9.41. The molecule has 20 heavy (non-hydrogen) atoms. The second-order valence-electron chi connectivity index (χ2n) is 5.29. The van der Waals surface area contributed by atoms with Crippen molar-refractivity contribution in [2.75, 3.05) is 5.73 Å². The van der Waals surface area contributed by atoms with Crippen molar-refractivity contribution in [1.82, 2.24) is 10.2 Å². The van der Waals surface area contributed by atoms with E-state index in [1.54, 1.807) is 6.07 Å². The van der Waals surface area contributed by atoms with Gasteiger partial charge in [-0.1, -0.05) is 26.0 Å². The molecule has 0 aliphatic rings. The summed E-state index contributed by atoms with van der Waals surface area (Å²) in [5.74, 6) is 0.794. The number of nitrogen functional groups attached to an aromatic ring is 1. The van der Waals surface area contributed by atoms with E-state index in [0.717, 1.165) is 17.5 Å². The minimum atomic E-state index is -0.376. The normalized spacial score (nSPS) is 11.0. The molecule has 0 amide bonds. The number of anilines is 1. The van der Waals surface area contributed by atoms with Crippen molar-refractivity contribution in [3.8, 4) is 11.3 Å². The summed E-state index contributed by atoms with van der Waals surface area (Å²) in [7, 11) is 0. The predicted molar refractivity (Wildman–Crippen MR) is 78.4 cm³/mol. The van der Waals surface area contributed by atoms with Crippen LogP contribution in [0.4, 0.5) is 11.5 Å². The predicted octanol–water partition coefficient (Wildman–Crippen LogP) is 3.07. The molecule has 0 saturated heterocycles. The molecule has 2 rings (SSSR count). The number of nitrogens with two attached hydrogens (primary N) is 1. The first kappa shape index (κ1) is 14.0. The Morgan fingerprint density at radius 1 is 1.45 bits per heavy atom. The van der Waals surface area contributed by atoms with Crippen LogP contribution in [-0.4, -0.2) is 15.1 Å². The van der Waals surface area contributed by atoms with E-state index in [1.807, 2.05) is 13.0 Å². The zero-order chi connectivity index (χ0) is 14.9. The van der Waals surface area contributed by atoms with Gasteiger partial charge < -0.3 is 5.73 Å². The van der Waals surface area contributed by atoms with E-state index in [9.17, 15) is 10.1 Å². The van der Waals surface area contributed by atoms with Crippen molar-refractivity contribution in [3.63, 3.8) is 0 Å². The number of benzene rings is 1. The molecular weight excluding hydrogens is 256 g/mol. The highest BCUT2D eigenvalue weighted by Crippen LogP contribution is 2.36. The second kappa shape index (κ2) is 5.32. The molecule has 0 aliphatic carbocycles. The average Bonchev–Trinajstić information content (AvgIpc) is 2.70. The van der Waals surface area contributed by atoms with Gasteiger partial charge in [-0.3, -0.25) is 15.2 Å². The fraction of sp³-hybridized carbons (Fsp3) is 0.357. The molecule has 2 aromatic rings. The van der Waals surface area contributed by atoms with Gasteiger partial charge in [-0.05, 0) is 24.8 Å². The van der Waals surface area contributed by atoms with Crippen molar-refractivity contribution in [2.45, 2.75) is 27.2 Å². The van der Waals surface area contributed by atoms with Crippen molar-refractivity contribution >= 4 is 11.5 Å². The Labute approximate surface area is 117 Å². The molecule has 6 nitrogen and oxygen atoms in total. The molecule has 1 aromatic carbocycles. The molecule has 0 spiro atoms. The summed E-state index contributed by atoms with van der Waals surface area (Å²) >= 11 is 0. The van der Waals surface area contributed by atoms with Gasteiger partial charge in [0.05, 0.1) is 16.2 Å². The van der Waals surface area contributed by atoms with Crippen molar-refractivity contribution < 1.29 is 4.92 Å². The number of aromatic amines is 1. The summed E-state index contributed by atoms with van der Waals surface area (Å²) in [4.78, 5) is 10.9. The number of nitrogens with one attached hydrogen (secondary N) is 1. The third kappa shape index (κ3) is 2.49. The molecule has 0 saturated carbocycles. The Kier molecular flexibility index (Phi) is 3.74. The number of aryl methyl sites for hydroxylation is 1. The first-order valence-corrected chi connectivity index (χ1v) is 6.49. The molecule has 0 fully saturated rings. The maximum Gasteiger partial charge on any atom is 0.279 e. The first-order valence-electron chi connectivity index (χ1n) is 6.49. The zero-order valence-corrected chi connectivity index (χ0v) is 11.8. The maximum atomic E-state index is 11.2. The van der Waals surface area contributed by atoms with E-state index >= 15 is 0 Å². The molecule has 0 bridgehead atoms. The molecule has 1 heterocycles. The van der Waals surface area contributed by atoms with Crippen molar-refractivity contribution in [2.24, 2.45) is 5.92 Å². The van der Waals surface area contributed by atoms with Crippen LogP contribution < -0.4 is 5.73 Å². The number of hydrogen-bond acceptors (Lipinski definition) is 4. The van der Waals surface area contributed by atoms with Gasteiger partial charge in [-0.15, -0.1) is 0 Å². The third-order valence-corrected chi connectivity index (χ3v) is 3.21. The minimum Gasteiger partial charge on any atom is -0.382 e. The van der Waals surface area contributed by atoms with Gasteiger partial charge in [-0.25, -0.2) is 0 Å². The summed E-state index contributed by atoms with van der Waals surface area (Å²) in [6.45, 7) is 5.99. The third-order valence-electron chi connectivity index (χ3n) is 3.21. The number of nitro benzene ring substituents is 1. The Balaban J connectivity index is 2.66. The highest BCUT2D eigenvalue weighted by atomic mass is 16.6. The van der Waals surface area contributed by atoms with Gasteiger partial charge in [0.1, 0.15) is 5.82 Å². The Morgan fingerprint density at radius 3 is 2.75 bits per heavy atom. The topological polar surface area (TPSA) is 97.8 Å². The summed E-state index contributed by atoms with van der Waals surface area (Å²) in [6, 6.07) is 5.02. The highest BCUT2D eigenvalue weighted by molar-refractivity contribution is 5.78. The molecule has 1 aromatic heterocycles. The summed E-state index contributed by atoms with van der Waals surface area (Å²) in [5, 5.41) is 18.1. The SMILES string of the molecule is Cc1cccc([N+](=O)[O-])c1-c1[nH]nc(N)c1CC(C)C. The van der Waals surface area contributed by atoms with E-state index in [2.05, 4.69) is 24.0 Å². The van der Waals surface area contributed by atoms with Crippen LogP contribution in [0, 0.1) is 23.0 Å². The standard InChI is InChI=1S/C14H18N4O2/c1-8(2)7-10-13(16-17-14(10)15)12-9(3)5-4-6-11(12)18(19)20/h4-6,8H,7H2,1-3H3,(H3,15,16,17). The number of nitro groups is 1. The number of rotatable bonds is 4. The quantitative estimate of drug-likeness (QED) is 0.661. The van der Waals surface area contributed by atoms with E-state index < -0.39 is 0 Å². The fourth-order valence-electron chi connectivity index (χ4n) is 2.33. The smallest absolute Gasteiger partial charge is 0.279 e. The van der Waals surface area contributed by atoms with Crippen LogP contribution in [0.15, 0.2) is 18.2 Å². The molecule has 6 heteroatoms. The van der Waals surface area contributed by atoms with Gasteiger partial charge in [-0.2, -0.15) is 5.10 Å². The number of aromatic nitrogens is 2. The summed E-state index contributed by atoms with van der Waals surface area (Å²) in [5.41, 5.74) is 8.85. The summed E-state index contributed by atoms with van der Waals surface area (Å²) < 4.78 is 0. The Morgan fingerprint density at radius 2 is 2.15 bits per heavy atom. The van der Waals surface area contributed by atoms with Gasteiger partial charge in [0.25, 0.3) is 5.69 Å². The fourth-order valence-corrected chi connectivity index (χ4v) is 2.33. The average molecular weight is 274 g/mol. The highest BCUT2D eigenvalue weighted by Gasteiger charge is 2.23.